The molecule has 0 spiro atoms. The number of rotatable bonds is 6. The minimum atomic E-state index is 0.347. The minimum absolute atomic E-state index is 0.347. The van der Waals surface area contributed by atoms with E-state index in [-0.39, 0.29) is 0 Å². The number of likely N-dealkylation sites (tertiary alicyclic amines) is 1. The number of nitrogens with one attached hydrogen (secondary N) is 1. The van der Waals surface area contributed by atoms with Gasteiger partial charge in [0, 0.05) is 25.6 Å². The van der Waals surface area contributed by atoms with Gasteiger partial charge in [-0.15, -0.1) is 0 Å². The van der Waals surface area contributed by atoms with Gasteiger partial charge >= 0.3 is 0 Å². The van der Waals surface area contributed by atoms with Gasteiger partial charge in [-0.05, 0) is 56.4 Å². The van der Waals surface area contributed by atoms with Crippen LogP contribution < -0.4 is 5.32 Å². The monoisotopic (exact) mass is 280 g/mol. The smallest absolute Gasteiger partial charge is 0.222 e. The summed E-state index contributed by atoms with van der Waals surface area (Å²) >= 11 is 0. The highest BCUT2D eigenvalue weighted by Gasteiger charge is 2.25. The van der Waals surface area contributed by atoms with Crippen LogP contribution in [-0.4, -0.2) is 36.5 Å². The largest absolute Gasteiger partial charge is 0.343 e. The third-order valence-corrected chi connectivity index (χ3v) is 4.56. The van der Waals surface area contributed by atoms with Crippen LogP contribution in [0.1, 0.15) is 65.7 Å². The fourth-order valence-electron chi connectivity index (χ4n) is 2.92. The van der Waals surface area contributed by atoms with E-state index in [9.17, 15) is 4.79 Å². The standard InChI is InChI=1S/C17H32N2O/c1-17(2,3)10-4-5-16(20)19-11-8-15(9-12-19)18-13-14-6-7-14/h14-15,18H,4-13H2,1-3H3. The van der Waals surface area contributed by atoms with Crippen molar-refractivity contribution in [1.82, 2.24) is 10.2 Å². The Morgan fingerprint density at radius 1 is 1.15 bits per heavy atom. The number of amides is 1. The van der Waals surface area contributed by atoms with E-state index in [0.717, 1.165) is 51.1 Å². The lowest BCUT2D eigenvalue weighted by molar-refractivity contribution is -0.132. The van der Waals surface area contributed by atoms with Crippen LogP contribution in [0.4, 0.5) is 0 Å². The van der Waals surface area contributed by atoms with Crippen molar-refractivity contribution in [3.63, 3.8) is 0 Å². The Balaban J connectivity index is 1.58. The molecular formula is C17H32N2O. The second kappa shape index (κ2) is 6.93. The predicted molar refractivity (Wildman–Crippen MR) is 83.6 cm³/mol. The minimum Gasteiger partial charge on any atom is -0.343 e. The van der Waals surface area contributed by atoms with Crippen molar-refractivity contribution in [2.24, 2.45) is 11.3 Å². The van der Waals surface area contributed by atoms with Crippen LogP contribution in [0.15, 0.2) is 0 Å². The molecule has 1 saturated heterocycles. The van der Waals surface area contributed by atoms with E-state index in [1.165, 1.54) is 19.4 Å². The van der Waals surface area contributed by atoms with Crippen LogP contribution in [0.25, 0.3) is 0 Å². The third kappa shape index (κ3) is 5.82. The zero-order valence-electron chi connectivity index (χ0n) is 13.6. The van der Waals surface area contributed by atoms with Gasteiger partial charge in [0.2, 0.25) is 5.91 Å². The predicted octanol–water partition coefficient (Wildman–Crippen LogP) is 3.19. The number of carbonyl (C=O) groups is 1. The van der Waals surface area contributed by atoms with Gasteiger partial charge in [0.1, 0.15) is 0 Å². The molecule has 2 aliphatic rings. The maximum Gasteiger partial charge on any atom is 0.222 e. The number of hydrogen-bond donors (Lipinski definition) is 1. The summed E-state index contributed by atoms with van der Waals surface area (Å²) in [4.78, 5) is 14.3. The van der Waals surface area contributed by atoms with Gasteiger partial charge in [-0.25, -0.2) is 0 Å². The molecule has 0 aromatic heterocycles. The second-order valence-electron chi connectivity index (χ2n) is 7.92. The Hall–Kier alpha value is -0.570. The lowest BCUT2D eigenvalue weighted by Crippen LogP contribution is -2.45. The van der Waals surface area contributed by atoms with E-state index in [4.69, 9.17) is 0 Å². The van der Waals surface area contributed by atoms with Gasteiger partial charge in [0.15, 0.2) is 0 Å². The number of piperidine rings is 1. The van der Waals surface area contributed by atoms with Gasteiger partial charge in [0.25, 0.3) is 0 Å². The molecule has 0 aromatic carbocycles. The molecule has 0 aromatic rings. The number of carbonyl (C=O) groups excluding carboxylic acids is 1. The Bertz CT molecular complexity index is 309. The van der Waals surface area contributed by atoms with Crippen molar-refractivity contribution >= 4 is 5.91 Å². The van der Waals surface area contributed by atoms with Gasteiger partial charge in [0.05, 0.1) is 0 Å². The van der Waals surface area contributed by atoms with Gasteiger partial charge < -0.3 is 10.2 Å². The first-order chi connectivity index (χ1) is 9.44. The average Bonchev–Trinajstić information content (AvgIpc) is 3.19. The van der Waals surface area contributed by atoms with Crippen molar-refractivity contribution in [2.75, 3.05) is 19.6 Å². The normalized spacial score (nSPS) is 21.2. The molecule has 1 aliphatic heterocycles. The molecule has 3 heteroatoms. The van der Waals surface area contributed by atoms with Gasteiger partial charge in [-0.1, -0.05) is 20.8 Å². The molecule has 0 unspecified atom stereocenters. The Labute approximate surface area is 124 Å². The van der Waals surface area contributed by atoms with Crippen LogP contribution in [-0.2, 0) is 4.79 Å². The van der Waals surface area contributed by atoms with Gasteiger partial charge in [-0.2, -0.15) is 0 Å². The average molecular weight is 280 g/mol. The first-order valence-electron chi connectivity index (χ1n) is 8.45. The fourth-order valence-corrected chi connectivity index (χ4v) is 2.92. The van der Waals surface area contributed by atoms with E-state index >= 15 is 0 Å². The molecule has 1 aliphatic carbocycles. The highest BCUT2D eigenvalue weighted by Crippen LogP contribution is 2.28. The molecule has 1 N–H and O–H groups in total. The molecule has 1 heterocycles. The summed E-state index contributed by atoms with van der Waals surface area (Å²) in [5, 5.41) is 3.67. The molecule has 0 bridgehead atoms. The number of nitrogens with zero attached hydrogens (tertiary/aromatic N) is 1. The summed E-state index contributed by atoms with van der Waals surface area (Å²) in [5.74, 6) is 1.32. The van der Waals surface area contributed by atoms with Crippen molar-refractivity contribution in [1.29, 1.82) is 0 Å². The first-order valence-corrected chi connectivity index (χ1v) is 8.45. The maximum atomic E-state index is 12.2. The van der Waals surface area contributed by atoms with E-state index in [0.29, 0.717) is 17.4 Å². The highest BCUT2D eigenvalue weighted by atomic mass is 16.2. The molecule has 20 heavy (non-hydrogen) atoms. The van der Waals surface area contributed by atoms with Crippen LogP contribution in [0, 0.1) is 11.3 Å². The fraction of sp³-hybridized carbons (Fsp3) is 0.941. The van der Waals surface area contributed by atoms with Crippen LogP contribution in [0.5, 0.6) is 0 Å². The zero-order valence-corrected chi connectivity index (χ0v) is 13.6. The summed E-state index contributed by atoms with van der Waals surface area (Å²) < 4.78 is 0. The van der Waals surface area contributed by atoms with Crippen molar-refractivity contribution in [3.8, 4) is 0 Å². The van der Waals surface area contributed by atoms with E-state index in [1.807, 2.05) is 0 Å². The molecule has 0 atom stereocenters. The molecular weight excluding hydrogens is 248 g/mol. The molecule has 3 nitrogen and oxygen atoms in total. The van der Waals surface area contributed by atoms with Gasteiger partial charge in [-0.3, -0.25) is 4.79 Å². The molecule has 1 saturated carbocycles. The maximum absolute atomic E-state index is 12.2. The molecule has 1 amide bonds. The third-order valence-electron chi connectivity index (χ3n) is 4.56. The van der Waals surface area contributed by atoms with E-state index < -0.39 is 0 Å². The van der Waals surface area contributed by atoms with Crippen molar-refractivity contribution in [3.05, 3.63) is 0 Å². The Morgan fingerprint density at radius 2 is 1.80 bits per heavy atom. The summed E-state index contributed by atoms with van der Waals surface area (Å²) in [6.07, 6.45) is 8.00. The lowest BCUT2D eigenvalue weighted by atomic mass is 9.89. The van der Waals surface area contributed by atoms with Crippen molar-refractivity contribution in [2.45, 2.75) is 71.8 Å². The lowest BCUT2D eigenvalue weighted by Gasteiger charge is -2.33. The highest BCUT2D eigenvalue weighted by molar-refractivity contribution is 5.76. The van der Waals surface area contributed by atoms with Crippen molar-refractivity contribution < 1.29 is 4.79 Å². The Kier molecular flexibility index (Phi) is 5.48. The quantitative estimate of drug-likeness (QED) is 0.810. The Morgan fingerprint density at radius 3 is 2.35 bits per heavy atom. The zero-order chi connectivity index (χ0) is 14.6. The molecule has 2 rings (SSSR count). The summed E-state index contributed by atoms with van der Waals surface area (Å²) in [6.45, 7) is 9.84. The molecule has 2 fully saturated rings. The summed E-state index contributed by atoms with van der Waals surface area (Å²) in [7, 11) is 0. The molecule has 116 valence electrons. The second-order valence-corrected chi connectivity index (χ2v) is 7.92. The van der Waals surface area contributed by atoms with E-state index in [2.05, 4.69) is 31.0 Å². The van der Waals surface area contributed by atoms with Crippen LogP contribution >= 0.6 is 0 Å². The molecule has 0 radical (unpaired) electrons. The SMILES string of the molecule is CC(C)(C)CCCC(=O)N1CCC(NCC2CC2)CC1. The first kappa shape index (κ1) is 15.8. The topological polar surface area (TPSA) is 32.3 Å². The summed E-state index contributed by atoms with van der Waals surface area (Å²) in [6, 6.07) is 0.647. The number of hydrogen-bond acceptors (Lipinski definition) is 2. The van der Waals surface area contributed by atoms with Crippen LogP contribution in [0.3, 0.4) is 0 Å². The van der Waals surface area contributed by atoms with Crippen LogP contribution in [0.2, 0.25) is 0 Å². The van der Waals surface area contributed by atoms with E-state index in [1.54, 1.807) is 0 Å². The summed E-state index contributed by atoms with van der Waals surface area (Å²) in [5.41, 5.74) is 0.347.